The van der Waals surface area contributed by atoms with Crippen LogP contribution in [0.5, 0.6) is 23.0 Å². The van der Waals surface area contributed by atoms with E-state index in [2.05, 4.69) is 6.92 Å². The highest BCUT2D eigenvalue weighted by Crippen LogP contribution is 2.38. The van der Waals surface area contributed by atoms with Crippen LogP contribution in [-0.2, 0) is 25.7 Å². The van der Waals surface area contributed by atoms with E-state index >= 15 is 0 Å². The standard InChI is InChI=1S/C14H17F3O3.C12H18O2/c1-3-5-8-7-10(13(20)14(15,16)17)12(19)9(6-4-2)11(8)18;1-3-5-9-7-8-11(13)10(6-4-2)12(9)14/h7,18-19H,3-6H2,1-2H3;7-8,13-14H,3-6H2,1-2H3. The van der Waals surface area contributed by atoms with Gasteiger partial charge in [0, 0.05) is 11.1 Å². The van der Waals surface area contributed by atoms with Crippen LogP contribution in [0.25, 0.3) is 0 Å². The van der Waals surface area contributed by atoms with Gasteiger partial charge in [0.1, 0.15) is 23.0 Å². The predicted octanol–water partition coefficient (Wildman–Crippen LogP) is 6.75. The zero-order valence-electron chi connectivity index (χ0n) is 20.2. The SMILES string of the molecule is CCCc1cc(C(=O)C(F)(F)F)c(O)c(CCC)c1O.CCCc1ccc(O)c(CCC)c1O. The third kappa shape index (κ3) is 7.30. The number of hydrogen-bond donors (Lipinski definition) is 4. The molecule has 8 heteroatoms. The minimum Gasteiger partial charge on any atom is -0.508 e. The van der Waals surface area contributed by atoms with Gasteiger partial charge in [-0.05, 0) is 48.9 Å². The number of phenols is 4. The lowest BCUT2D eigenvalue weighted by Crippen LogP contribution is -2.23. The van der Waals surface area contributed by atoms with Crippen LogP contribution in [0, 0.1) is 0 Å². The largest absolute Gasteiger partial charge is 0.508 e. The van der Waals surface area contributed by atoms with Crippen molar-refractivity contribution < 1.29 is 38.4 Å². The van der Waals surface area contributed by atoms with E-state index in [1.54, 1.807) is 26.0 Å². The number of benzene rings is 2. The lowest BCUT2D eigenvalue weighted by Gasteiger charge is -2.15. The minimum atomic E-state index is -5.05. The number of alkyl halides is 3. The first-order chi connectivity index (χ1) is 15.9. The molecule has 0 bridgehead atoms. The van der Waals surface area contributed by atoms with E-state index in [1.165, 1.54) is 0 Å². The van der Waals surface area contributed by atoms with Gasteiger partial charge < -0.3 is 20.4 Å². The first-order valence-corrected chi connectivity index (χ1v) is 11.6. The molecule has 2 aromatic rings. The second kappa shape index (κ2) is 13.1. The smallest absolute Gasteiger partial charge is 0.455 e. The van der Waals surface area contributed by atoms with Crippen LogP contribution >= 0.6 is 0 Å². The van der Waals surface area contributed by atoms with E-state index in [1.807, 2.05) is 6.92 Å². The van der Waals surface area contributed by atoms with Crippen LogP contribution in [0.2, 0.25) is 0 Å². The maximum atomic E-state index is 12.5. The van der Waals surface area contributed by atoms with Crippen molar-refractivity contribution in [1.29, 1.82) is 0 Å². The van der Waals surface area contributed by atoms with Crippen molar-refractivity contribution in [1.82, 2.24) is 0 Å². The van der Waals surface area contributed by atoms with E-state index in [4.69, 9.17) is 0 Å². The van der Waals surface area contributed by atoms with E-state index in [0.717, 1.165) is 37.3 Å². The molecule has 0 aliphatic heterocycles. The van der Waals surface area contributed by atoms with Crippen molar-refractivity contribution in [3.8, 4) is 23.0 Å². The van der Waals surface area contributed by atoms with Gasteiger partial charge in [0.2, 0.25) is 0 Å². The quantitative estimate of drug-likeness (QED) is 0.295. The zero-order valence-corrected chi connectivity index (χ0v) is 20.2. The fourth-order valence-corrected chi connectivity index (χ4v) is 3.69. The van der Waals surface area contributed by atoms with E-state index in [-0.39, 0.29) is 34.8 Å². The Kier molecular flexibility index (Phi) is 11.2. The van der Waals surface area contributed by atoms with Crippen molar-refractivity contribution in [3.05, 3.63) is 46.0 Å². The number of hydrogen-bond acceptors (Lipinski definition) is 5. The number of aromatic hydroxyl groups is 4. The molecule has 0 unspecified atom stereocenters. The maximum Gasteiger partial charge on any atom is 0.455 e. The summed E-state index contributed by atoms with van der Waals surface area (Å²) in [6.45, 7) is 7.67. The lowest BCUT2D eigenvalue weighted by atomic mass is 9.95. The molecule has 4 N–H and O–H groups in total. The number of rotatable bonds is 9. The number of halogens is 3. The van der Waals surface area contributed by atoms with Crippen LogP contribution in [0.15, 0.2) is 18.2 Å². The third-order valence-electron chi connectivity index (χ3n) is 5.33. The summed E-state index contributed by atoms with van der Waals surface area (Å²) >= 11 is 0. The molecular weight excluding hydrogens is 449 g/mol. The van der Waals surface area contributed by atoms with E-state index < -0.39 is 23.3 Å². The molecule has 0 saturated heterocycles. The number of carbonyl (C=O) groups is 1. The van der Waals surface area contributed by atoms with Crippen LogP contribution < -0.4 is 0 Å². The van der Waals surface area contributed by atoms with E-state index in [9.17, 15) is 38.4 Å². The molecule has 0 atom stereocenters. The fraction of sp³-hybridized carbons (Fsp3) is 0.500. The first kappa shape index (κ1) is 29.1. The number of carbonyl (C=O) groups excluding carboxylic acids is 1. The van der Waals surface area contributed by atoms with Gasteiger partial charge in [-0.15, -0.1) is 0 Å². The molecule has 0 aliphatic rings. The highest BCUT2D eigenvalue weighted by atomic mass is 19.4. The molecule has 0 fully saturated rings. The molecule has 0 heterocycles. The van der Waals surface area contributed by atoms with Crippen molar-refractivity contribution >= 4 is 5.78 Å². The Morgan fingerprint density at radius 1 is 0.706 bits per heavy atom. The van der Waals surface area contributed by atoms with Gasteiger partial charge in [0.05, 0.1) is 5.56 Å². The second-order valence-corrected chi connectivity index (χ2v) is 8.16. The second-order valence-electron chi connectivity index (χ2n) is 8.16. The molecule has 0 amide bonds. The van der Waals surface area contributed by atoms with Crippen molar-refractivity contribution in [2.75, 3.05) is 0 Å². The Morgan fingerprint density at radius 2 is 1.18 bits per heavy atom. The van der Waals surface area contributed by atoms with Gasteiger partial charge in [-0.25, -0.2) is 0 Å². The van der Waals surface area contributed by atoms with Crippen LogP contribution in [0.4, 0.5) is 13.2 Å². The highest BCUT2D eigenvalue weighted by Gasteiger charge is 2.41. The van der Waals surface area contributed by atoms with Crippen LogP contribution in [0.1, 0.15) is 86.0 Å². The summed E-state index contributed by atoms with van der Waals surface area (Å²) in [5.41, 5.74) is 1.10. The minimum absolute atomic E-state index is 0.00560. The third-order valence-corrected chi connectivity index (χ3v) is 5.33. The van der Waals surface area contributed by atoms with Gasteiger partial charge in [-0.2, -0.15) is 13.2 Å². The van der Waals surface area contributed by atoms with Gasteiger partial charge in [-0.1, -0.05) is 59.4 Å². The molecule has 0 spiro atoms. The van der Waals surface area contributed by atoms with Crippen molar-refractivity contribution in [2.45, 2.75) is 85.2 Å². The highest BCUT2D eigenvalue weighted by molar-refractivity contribution is 6.03. The topological polar surface area (TPSA) is 98.0 Å². The van der Waals surface area contributed by atoms with Gasteiger partial charge in [-0.3, -0.25) is 4.79 Å². The van der Waals surface area contributed by atoms with Crippen molar-refractivity contribution in [2.24, 2.45) is 0 Å². The Labute approximate surface area is 198 Å². The monoisotopic (exact) mass is 484 g/mol. The van der Waals surface area contributed by atoms with Crippen LogP contribution in [0.3, 0.4) is 0 Å². The average Bonchev–Trinajstić information content (AvgIpc) is 2.77. The molecule has 0 aromatic heterocycles. The zero-order chi connectivity index (χ0) is 26.1. The summed E-state index contributed by atoms with van der Waals surface area (Å²) in [6.07, 6.45) is 0.133. The fourth-order valence-electron chi connectivity index (χ4n) is 3.69. The average molecular weight is 485 g/mol. The Hall–Kier alpha value is -2.90. The number of Topliss-reactive ketones (excluding diaryl/α,β-unsaturated/α-hetero) is 1. The normalized spacial score (nSPS) is 11.1. The molecule has 0 saturated carbocycles. The van der Waals surface area contributed by atoms with Gasteiger partial charge in [0.25, 0.3) is 5.78 Å². The molecule has 34 heavy (non-hydrogen) atoms. The number of aryl methyl sites for hydroxylation is 2. The number of phenolic OH excluding ortho intramolecular Hbond substituents is 4. The summed E-state index contributed by atoms with van der Waals surface area (Å²) < 4.78 is 37.6. The summed E-state index contributed by atoms with van der Waals surface area (Å²) in [6, 6.07) is 4.41. The molecule has 5 nitrogen and oxygen atoms in total. The molecular formula is C26H35F3O5. The van der Waals surface area contributed by atoms with Crippen LogP contribution in [-0.4, -0.2) is 32.4 Å². The summed E-state index contributed by atoms with van der Waals surface area (Å²) in [7, 11) is 0. The Morgan fingerprint density at radius 3 is 1.68 bits per heavy atom. The predicted molar refractivity (Wildman–Crippen MR) is 126 cm³/mol. The summed E-state index contributed by atoms with van der Waals surface area (Å²) in [5, 5.41) is 39.3. The summed E-state index contributed by atoms with van der Waals surface area (Å²) in [4.78, 5) is 11.3. The summed E-state index contributed by atoms with van der Waals surface area (Å²) in [5.74, 6) is -2.58. The molecule has 2 rings (SSSR count). The molecule has 0 aliphatic carbocycles. The molecule has 0 radical (unpaired) electrons. The number of ketones is 1. The Balaban J connectivity index is 0.000000362. The van der Waals surface area contributed by atoms with Gasteiger partial charge in [0.15, 0.2) is 0 Å². The maximum absolute atomic E-state index is 12.5. The van der Waals surface area contributed by atoms with E-state index in [0.29, 0.717) is 24.8 Å². The lowest BCUT2D eigenvalue weighted by molar-refractivity contribution is -0.0886. The van der Waals surface area contributed by atoms with Crippen molar-refractivity contribution in [3.63, 3.8) is 0 Å². The molecule has 190 valence electrons. The molecule has 2 aromatic carbocycles. The first-order valence-electron chi connectivity index (χ1n) is 11.6. The van der Waals surface area contributed by atoms with Gasteiger partial charge >= 0.3 is 6.18 Å². The Bertz CT molecular complexity index is 968.